The van der Waals surface area contributed by atoms with Crippen LogP contribution >= 0.6 is 11.3 Å². The maximum Gasteiger partial charge on any atom is 0.348 e. The Morgan fingerprint density at radius 3 is 2.78 bits per heavy atom. The van der Waals surface area contributed by atoms with Crippen LogP contribution < -0.4 is 4.90 Å². The molecule has 0 saturated carbocycles. The van der Waals surface area contributed by atoms with Gasteiger partial charge in [0.1, 0.15) is 11.1 Å². The first kappa shape index (κ1) is 20.1. The minimum Gasteiger partial charge on any atom is -0.507 e. The Morgan fingerprint density at radius 2 is 2.15 bits per heavy atom. The first-order valence-corrected chi connectivity index (χ1v) is 9.18. The number of rotatable bonds is 6. The number of allylic oxidation sites excluding steroid dienone is 3. The molecule has 1 heterocycles. The number of thiophene rings is 1. The van der Waals surface area contributed by atoms with Crippen LogP contribution in [-0.4, -0.2) is 28.4 Å². The fraction of sp³-hybridized carbons (Fsp3) is 0.238. The molecule has 0 radical (unpaired) electrons. The van der Waals surface area contributed by atoms with Crippen LogP contribution in [0.3, 0.4) is 0 Å². The molecule has 0 unspecified atom stereocenters. The second-order valence-corrected chi connectivity index (χ2v) is 6.70. The van der Waals surface area contributed by atoms with Crippen LogP contribution in [0.25, 0.3) is 5.57 Å². The zero-order valence-electron chi connectivity index (χ0n) is 15.0. The second kappa shape index (κ2) is 10.1. The first-order chi connectivity index (χ1) is 13.1. The van der Waals surface area contributed by atoms with E-state index in [9.17, 15) is 9.90 Å². The number of carbonyl (C=O) groups is 1. The largest absolute Gasteiger partial charge is 0.507 e. The Bertz CT molecular complexity index is 958. The molecule has 0 amide bonds. The summed E-state index contributed by atoms with van der Waals surface area (Å²) in [6.45, 7) is 2.19. The van der Waals surface area contributed by atoms with Crippen molar-refractivity contribution in [3.63, 3.8) is 0 Å². The molecule has 2 rings (SSSR count). The summed E-state index contributed by atoms with van der Waals surface area (Å²) < 4.78 is 0. The van der Waals surface area contributed by atoms with Crippen molar-refractivity contribution in [1.29, 1.82) is 5.41 Å². The van der Waals surface area contributed by atoms with Crippen molar-refractivity contribution < 1.29 is 15.0 Å². The van der Waals surface area contributed by atoms with E-state index in [1.807, 2.05) is 19.1 Å². The Hall–Kier alpha value is -3.22. The molecule has 5 nitrogen and oxygen atoms in total. The molecule has 138 valence electrons. The standard InChI is InChI=1S/C21H20N2O3S/c1-2-3-4-5-12-23(13-6-7-14-24)18-15-19(27-20(18)21(25)26)16-8-10-17(22)11-9-16/h2,5,8,13-15,22,24H,9-12H2,1H3,(H,25,26). The van der Waals surface area contributed by atoms with E-state index in [4.69, 9.17) is 10.5 Å². The van der Waals surface area contributed by atoms with Crippen molar-refractivity contribution in [3.05, 3.63) is 69.4 Å². The molecule has 0 fully saturated rings. The van der Waals surface area contributed by atoms with E-state index in [1.54, 1.807) is 17.1 Å². The number of aliphatic hydroxyl groups is 1. The molecule has 1 aliphatic carbocycles. The van der Waals surface area contributed by atoms with E-state index in [2.05, 4.69) is 22.9 Å². The highest BCUT2D eigenvalue weighted by Gasteiger charge is 2.21. The van der Waals surface area contributed by atoms with Gasteiger partial charge in [-0.3, -0.25) is 0 Å². The predicted molar refractivity (Wildman–Crippen MR) is 109 cm³/mol. The number of anilines is 1. The number of hydrogen-bond acceptors (Lipinski definition) is 5. The van der Waals surface area contributed by atoms with Gasteiger partial charge in [0, 0.05) is 23.6 Å². The third-order valence-corrected chi connectivity index (χ3v) is 5.00. The fourth-order valence-corrected chi connectivity index (χ4v) is 3.60. The minimum atomic E-state index is -1.00. The lowest BCUT2D eigenvalue weighted by molar-refractivity contribution is 0.0703. The summed E-state index contributed by atoms with van der Waals surface area (Å²) in [6, 6.07) is 1.85. The lowest BCUT2D eigenvalue weighted by Gasteiger charge is -2.16. The van der Waals surface area contributed by atoms with Crippen molar-refractivity contribution in [3.8, 4) is 0 Å². The molecule has 0 aromatic carbocycles. The Kier molecular flexibility index (Phi) is 7.49. The highest BCUT2D eigenvalue weighted by Crippen LogP contribution is 2.37. The summed E-state index contributed by atoms with van der Waals surface area (Å²) in [5.74, 6) is -1.00. The SMILES string of the molecule is CC=C=C=CCN(C=C=C=CO)c1cc(C2=CCC(=N)CC2)sc1C(=O)O. The molecule has 0 atom stereocenters. The third kappa shape index (κ3) is 5.64. The first-order valence-electron chi connectivity index (χ1n) is 8.37. The number of hydrogen-bond donors (Lipinski definition) is 3. The molecule has 6 heteroatoms. The minimum absolute atomic E-state index is 0.223. The summed E-state index contributed by atoms with van der Waals surface area (Å²) in [5, 5.41) is 26.1. The molecule has 0 aliphatic heterocycles. The Balaban J connectivity index is 2.49. The van der Waals surface area contributed by atoms with Crippen molar-refractivity contribution >= 4 is 34.3 Å². The summed E-state index contributed by atoms with van der Waals surface area (Å²) >= 11 is 1.23. The van der Waals surface area contributed by atoms with Crippen molar-refractivity contribution in [2.45, 2.75) is 26.2 Å². The van der Waals surface area contributed by atoms with Gasteiger partial charge in [0.25, 0.3) is 0 Å². The van der Waals surface area contributed by atoms with E-state index < -0.39 is 5.97 Å². The molecular weight excluding hydrogens is 360 g/mol. The Labute approximate surface area is 162 Å². The monoisotopic (exact) mass is 380 g/mol. The predicted octanol–water partition coefficient (Wildman–Crippen LogP) is 5.07. The van der Waals surface area contributed by atoms with Gasteiger partial charge in [0.15, 0.2) is 0 Å². The quantitative estimate of drug-likeness (QED) is 0.475. The lowest BCUT2D eigenvalue weighted by atomic mass is 9.97. The number of nitrogens with zero attached hydrogens (tertiary/aromatic N) is 1. The molecule has 1 aromatic heterocycles. The summed E-state index contributed by atoms with van der Waals surface area (Å²) in [6.07, 6.45) is 9.77. The number of carboxylic acid groups (broad SMARTS) is 1. The molecule has 1 aliphatic rings. The number of carboxylic acids is 1. The van der Waals surface area contributed by atoms with E-state index >= 15 is 0 Å². The second-order valence-electron chi connectivity index (χ2n) is 5.65. The molecule has 3 N–H and O–H groups in total. The Morgan fingerprint density at radius 1 is 1.33 bits per heavy atom. The van der Waals surface area contributed by atoms with Crippen molar-refractivity contribution in [2.24, 2.45) is 0 Å². The van der Waals surface area contributed by atoms with Crippen LogP contribution in [0.5, 0.6) is 0 Å². The zero-order chi connectivity index (χ0) is 19.6. The van der Waals surface area contributed by atoms with Gasteiger partial charge in [0.05, 0.1) is 11.9 Å². The highest BCUT2D eigenvalue weighted by molar-refractivity contribution is 7.15. The zero-order valence-corrected chi connectivity index (χ0v) is 15.8. The van der Waals surface area contributed by atoms with Gasteiger partial charge in [0.2, 0.25) is 0 Å². The van der Waals surface area contributed by atoms with E-state index in [0.29, 0.717) is 30.8 Å². The number of aliphatic hydroxyl groups excluding tert-OH is 1. The van der Waals surface area contributed by atoms with Crippen LogP contribution in [0.15, 0.2) is 59.7 Å². The van der Waals surface area contributed by atoms with Gasteiger partial charge >= 0.3 is 5.97 Å². The van der Waals surface area contributed by atoms with Gasteiger partial charge < -0.3 is 20.5 Å². The third-order valence-electron chi connectivity index (χ3n) is 3.81. The summed E-state index contributed by atoms with van der Waals surface area (Å²) in [5.41, 5.74) is 13.1. The van der Waals surface area contributed by atoms with Gasteiger partial charge in [-0.2, -0.15) is 0 Å². The van der Waals surface area contributed by atoms with E-state index in [1.165, 1.54) is 17.5 Å². The van der Waals surface area contributed by atoms with E-state index in [0.717, 1.165) is 23.1 Å². The summed E-state index contributed by atoms with van der Waals surface area (Å²) in [4.78, 5) is 14.6. The smallest absolute Gasteiger partial charge is 0.348 e. The summed E-state index contributed by atoms with van der Waals surface area (Å²) in [7, 11) is 0. The lowest BCUT2D eigenvalue weighted by Crippen LogP contribution is -2.17. The average molecular weight is 380 g/mol. The molecule has 0 saturated heterocycles. The van der Waals surface area contributed by atoms with E-state index in [-0.39, 0.29) is 4.88 Å². The number of nitrogens with one attached hydrogen (secondary N) is 1. The van der Waals surface area contributed by atoms with Crippen LogP contribution in [-0.2, 0) is 0 Å². The molecule has 0 bridgehead atoms. The highest BCUT2D eigenvalue weighted by atomic mass is 32.1. The van der Waals surface area contributed by atoms with Gasteiger partial charge in [-0.15, -0.1) is 11.3 Å². The van der Waals surface area contributed by atoms with Crippen LogP contribution in [0.2, 0.25) is 0 Å². The number of aromatic carboxylic acids is 1. The van der Waals surface area contributed by atoms with Crippen LogP contribution in [0, 0.1) is 5.41 Å². The van der Waals surface area contributed by atoms with Crippen molar-refractivity contribution in [2.75, 3.05) is 11.4 Å². The van der Waals surface area contributed by atoms with Gasteiger partial charge in [-0.1, -0.05) is 17.5 Å². The maximum atomic E-state index is 11.8. The van der Waals surface area contributed by atoms with Crippen LogP contribution in [0.1, 0.15) is 40.7 Å². The normalized spacial score (nSPS) is 12.5. The maximum absolute atomic E-state index is 11.8. The van der Waals surface area contributed by atoms with Crippen LogP contribution in [0.4, 0.5) is 5.69 Å². The fourth-order valence-electron chi connectivity index (χ4n) is 2.53. The molecule has 1 aromatic rings. The van der Waals surface area contributed by atoms with Crippen molar-refractivity contribution in [1.82, 2.24) is 0 Å². The molecule has 0 spiro atoms. The topological polar surface area (TPSA) is 84.6 Å². The molecular formula is C21H20N2O3S. The average Bonchev–Trinajstić information content (AvgIpc) is 3.10. The van der Waals surface area contributed by atoms with Gasteiger partial charge in [-0.05, 0) is 55.0 Å². The molecule has 27 heavy (non-hydrogen) atoms. The van der Waals surface area contributed by atoms with Gasteiger partial charge in [-0.25, -0.2) is 4.79 Å².